The number of nitriles is 1. The molecule has 0 aliphatic carbocycles. The van der Waals surface area contributed by atoms with Crippen molar-refractivity contribution < 1.29 is 9.13 Å². The van der Waals surface area contributed by atoms with Gasteiger partial charge in [0.15, 0.2) is 0 Å². The summed E-state index contributed by atoms with van der Waals surface area (Å²) in [7, 11) is 4.09. The first-order chi connectivity index (χ1) is 11.6. The molecule has 1 heterocycles. The van der Waals surface area contributed by atoms with Crippen LogP contribution >= 0.6 is 0 Å². The summed E-state index contributed by atoms with van der Waals surface area (Å²) >= 11 is 0. The molecule has 1 aliphatic heterocycles. The van der Waals surface area contributed by atoms with Gasteiger partial charge in [-0.05, 0) is 62.8 Å². The molecule has 2 aromatic rings. The Morgan fingerprint density at radius 1 is 1.17 bits per heavy atom. The summed E-state index contributed by atoms with van der Waals surface area (Å²) in [6.45, 7) is 0.977. The normalized spacial score (nSPS) is 19.3. The Kier molecular flexibility index (Phi) is 4.94. The number of nitrogens with zero attached hydrogens (tertiary/aromatic N) is 2. The molecule has 0 spiro atoms. The lowest BCUT2D eigenvalue weighted by atomic mass is 9.92. The van der Waals surface area contributed by atoms with Crippen molar-refractivity contribution in [3.05, 3.63) is 70.5 Å². The van der Waals surface area contributed by atoms with E-state index in [4.69, 9.17) is 4.74 Å². The minimum atomic E-state index is -0.259. The molecule has 0 N–H and O–H groups in total. The molecule has 0 bridgehead atoms. The van der Waals surface area contributed by atoms with E-state index in [1.54, 1.807) is 12.1 Å². The molecule has 0 saturated heterocycles. The number of rotatable bonds is 5. The smallest absolute Gasteiger partial charge is 0.123 e. The van der Waals surface area contributed by atoms with Gasteiger partial charge in [0.2, 0.25) is 0 Å². The monoisotopic (exact) mass is 324 g/mol. The maximum absolute atomic E-state index is 13.2. The van der Waals surface area contributed by atoms with E-state index < -0.39 is 0 Å². The first-order valence-electron chi connectivity index (χ1n) is 8.18. The van der Waals surface area contributed by atoms with Crippen LogP contribution in [0.5, 0.6) is 0 Å². The molecule has 2 atom stereocenters. The van der Waals surface area contributed by atoms with Crippen LogP contribution in [0.4, 0.5) is 4.39 Å². The molecule has 24 heavy (non-hydrogen) atoms. The van der Waals surface area contributed by atoms with E-state index in [0.29, 0.717) is 5.56 Å². The van der Waals surface area contributed by atoms with Gasteiger partial charge < -0.3 is 9.64 Å². The summed E-state index contributed by atoms with van der Waals surface area (Å²) in [6.07, 6.45) is 1.53. The lowest BCUT2D eigenvalue weighted by Gasteiger charge is -2.16. The van der Waals surface area contributed by atoms with Crippen molar-refractivity contribution in [2.75, 3.05) is 20.6 Å². The topological polar surface area (TPSA) is 36.3 Å². The van der Waals surface area contributed by atoms with Crippen LogP contribution in [0.15, 0.2) is 42.5 Å². The molecule has 4 heteroatoms. The molecule has 3 rings (SSSR count). The summed E-state index contributed by atoms with van der Waals surface area (Å²) in [5, 5.41) is 9.46. The first kappa shape index (κ1) is 16.6. The van der Waals surface area contributed by atoms with Gasteiger partial charge in [-0.2, -0.15) is 5.26 Å². The van der Waals surface area contributed by atoms with E-state index in [0.717, 1.165) is 36.1 Å². The van der Waals surface area contributed by atoms with Crippen molar-refractivity contribution >= 4 is 0 Å². The lowest BCUT2D eigenvalue weighted by Crippen LogP contribution is -2.14. The van der Waals surface area contributed by atoms with Crippen LogP contribution in [0.3, 0.4) is 0 Å². The number of fused-ring (bicyclic) bond motifs is 1. The van der Waals surface area contributed by atoms with Gasteiger partial charge in [-0.15, -0.1) is 0 Å². The van der Waals surface area contributed by atoms with Crippen molar-refractivity contribution in [3.8, 4) is 6.07 Å². The van der Waals surface area contributed by atoms with Gasteiger partial charge in [-0.25, -0.2) is 4.39 Å². The maximum Gasteiger partial charge on any atom is 0.123 e. The minimum absolute atomic E-state index is 0.0918. The van der Waals surface area contributed by atoms with Crippen molar-refractivity contribution in [2.24, 2.45) is 0 Å². The van der Waals surface area contributed by atoms with Crippen LogP contribution in [-0.4, -0.2) is 25.5 Å². The first-order valence-corrected chi connectivity index (χ1v) is 8.18. The van der Waals surface area contributed by atoms with E-state index in [9.17, 15) is 9.65 Å². The average Bonchev–Trinajstić information content (AvgIpc) is 2.94. The number of hydrogen-bond donors (Lipinski definition) is 0. The quantitative estimate of drug-likeness (QED) is 0.827. The van der Waals surface area contributed by atoms with Crippen LogP contribution in [-0.2, 0) is 4.74 Å². The highest BCUT2D eigenvalue weighted by Crippen LogP contribution is 2.45. The fraction of sp³-hybridized carbons (Fsp3) is 0.350. The summed E-state index contributed by atoms with van der Waals surface area (Å²) in [5.74, 6) is -0.259. The average molecular weight is 324 g/mol. The van der Waals surface area contributed by atoms with E-state index in [1.165, 1.54) is 12.1 Å². The standard InChI is InChI=1S/C20H21FN2O/c1-23(2)12-4-7-18-19-15(13-22)5-3-6-17(19)20(24-18)14-8-10-16(21)11-9-14/h3,5-6,8-11,18,20H,4,7,12H2,1-2H3. The van der Waals surface area contributed by atoms with Crippen LogP contribution in [0.1, 0.15) is 47.3 Å². The Hall–Kier alpha value is -2.22. The largest absolute Gasteiger partial charge is 0.361 e. The van der Waals surface area contributed by atoms with Crippen LogP contribution in [0.2, 0.25) is 0 Å². The van der Waals surface area contributed by atoms with Crippen LogP contribution < -0.4 is 0 Å². The third kappa shape index (κ3) is 3.33. The summed E-state index contributed by atoms with van der Waals surface area (Å²) in [4.78, 5) is 2.14. The Labute approximate surface area is 142 Å². The number of hydrogen-bond acceptors (Lipinski definition) is 3. The third-order valence-corrected chi connectivity index (χ3v) is 4.41. The van der Waals surface area contributed by atoms with Gasteiger partial charge in [0, 0.05) is 5.56 Å². The number of halogens is 1. The third-order valence-electron chi connectivity index (χ3n) is 4.41. The van der Waals surface area contributed by atoms with Gasteiger partial charge in [-0.1, -0.05) is 24.3 Å². The Bertz CT molecular complexity index is 749. The highest BCUT2D eigenvalue weighted by atomic mass is 19.1. The second-order valence-electron chi connectivity index (χ2n) is 6.42. The minimum Gasteiger partial charge on any atom is -0.361 e. The van der Waals surface area contributed by atoms with E-state index >= 15 is 0 Å². The molecular formula is C20H21FN2O. The lowest BCUT2D eigenvalue weighted by molar-refractivity contribution is 0.0263. The molecule has 2 aromatic carbocycles. The Balaban J connectivity index is 1.92. The predicted octanol–water partition coefficient (Wildman–Crippen LogP) is 4.20. The highest BCUT2D eigenvalue weighted by molar-refractivity contribution is 5.50. The van der Waals surface area contributed by atoms with Gasteiger partial charge >= 0.3 is 0 Å². The molecular weight excluding hydrogens is 303 g/mol. The fourth-order valence-corrected chi connectivity index (χ4v) is 3.28. The van der Waals surface area contributed by atoms with Crippen molar-refractivity contribution in [2.45, 2.75) is 25.0 Å². The molecule has 0 amide bonds. The van der Waals surface area contributed by atoms with E-state index in [2.05, 4.69) is 11.0 Å². The van der Waals surface area contributed by atoms with Crippen LogP contribution in [0.25, 0.3) is 0 Å². The van der Waals surface area contributed by atoms with Crippen LogP contribution in [0, 0.1) is 17.1 Å². The molecule has 1 aliphatic rings. The molecule has 0 fully saturated rings. The second-order valence-corrected chi connectivity index (χ2v) is 6.42. The van der Waals surface area contributed by atoms with Crippen molar-refractivity contribution in [1.29, 1.82) is 5.26 Å². The van der Waals surface area contributed by atoms with E-state index in [1.807, 2.05) is 32.3 Å². The fourth-order valence-electron chi connectivity index (χ4n) is 3.28. The Morgan fingerprint density at radius 2 is 1.92 bits per heavy atom. The molecule has 0 radical (unpaired) electrons. The molecule has 2 unspecified atom stereocenters. The SMILES string of the molecule is CN(C)CCCC1OC(c2ccc(F)cc2)c2cccc(C#N)c21. The zero-order valence-corrected chi connectivity index (χ0v) is 14.0. The zero-order valence-electron chi connectivity index (χ0n) is 14.0. The summed E-state index contributed by atoms with van der Waals surface area (Å²) in [6, 6.07) is 14.4. The van der Waals surface area contributed by atoms with Gasteiger partial charge in [0.1, 0.15) is 11.9 Å². The number of benzene rings is 2. The second kappa shape index (κ2) is 7.12. The molecule has 0 aromatic heterocycles. The van der Waals surface area contributed by atoms with Crippen molar-refractivity contribution in [1.82, 2.24) is 4.90 Å². The predicted molar refractivity (Wildman–Crippen MR) is 91.0 cm³/mol. The molecule has 3 nitrogen and oxygen atoms in total. The number of ether oxygens (including phenoxy) is 1. The Morgan fingerprint density at radius 3 is 2.58 bits per heavy atom. The van der Waals surface area contributed by atoms with Gasteiger partial charge in [0.05, 0.1) is 17.7 Å². The van der Waals surface area contributed by atoms with Gasteiger partial charge in [0.25, 0.3) is 0 Å². The van der Waals surface area contributed by atoms with Crippen molar-refractivity contribution in [3.63, 3.8) is 0 Å². The van der Waals surface area contributed by atoms with Gasteiger partial charge in [-0.3, -0.25) is 0 Å². The van der Waals surface area contributed by atoms with E-state index in [-0.39, 0.29) is 18.0 Å². The highest BCUT2D eigenvalue weighted by Gasteiger charge is 2.34. The molecule has 124 valence electrons. The molecule has 0 saturated carbocycles. The maximum atomic E-state index is 13.2. The summed E-state index contributed by atoms with van der Waals surface area (Å²) < 4.78 is 19.5. The summed E-state index contributed by atoms with van der Waals surface area (Å²) in [5.41, 5.74) is 3.61. The zero-order chi connectivity index (χ0) is 17.1.